The molecule has 0 aliphatic rings. The van der Waals surface area contributed by atoms with Crippen molar-refractivity contribution in [1.82, 2.24) is 5.32 Å². The highest BCUT2D eigenvalue weighted by Crippen LogP contribution is 2.26. The minimum absolute atomic E-state index is 0.229. The number of benzene rings is 2. The van der Waals surface area contributed by atoms with E-state index in [1.165, 1.54) is 0 Å². The number of anilines is 1. The molecule has 0 aliphatic carbocycles. The van der Waals surface area contributed by atoms with Gasteiger partial charge in [-0.05, 0) is 49.6 Å². The van der Waals surface area contributed by atoms with Gasteiger partial charge in [-0.25, -0.2) is 8.42 Å². The summed E-state index contributed by atoms with van der Waals surface area (Å²) in [7, 11) is -3.65. The van der Waals surface area contributed by atoms with Gasteiger partial charge in [0.2, 0.25) is 15.9 Å². The third kappa shape index (κ3) is 4.77. The largest absolute Gasteiger partial charge is 0.350 e. The van der Waals surface area contributed by atoms with E-state index in [0.29, 0.717) is 10.7 Å². The molecule has 1 atom stereocenters. The SMILES string of the molecule is Cc1ccc(C)c(N([C@H](C)C(=O)NCc2ccccc2Cl)S(C)(=O)=O)c1. The molecule has 0 fully saturated rings. The molecule has 0 heterocycles. The van der Waals surface area contributed by atoms with Crippen LogP contribution in [0, 0.1) is 13.8 Å². The van der Waals surface area contributed by atoms with Crippen molar-refractivity contribution in [3.8, 4) is 0 Å². The second-order valence-corrected chi connectivity index (χ2v) is 8.60. The van der Waals surface area contributed by atoms with E-state index in [1.807, 2.05) is 44.2 Å². The van der Waals surface area contributed by atoms with Gasteiger partial charge in [-0.3, -0.25) is 9.10 Å². The third-order valence-corrected chi connectivity index (χ3v) is 5.70. The van der Waals surface area contributed by atoms with Crippen molar-refractivity contribution in [2.24, 2.45) is 0 Å². The number of nitrogens with zero attached hydrogens (tertiary/aromatic N) is 1. The van der Waals surface area contributed by atoms with Crippen molar-refractivity contribution < 1.29 is 13.2 Å². The van der Waals surface area contributed by atoms with E-state index in [1.54, 1.807) is 19.1 Å². The van der Waals surface area contributed by atoms with Crippen LogP contribution in [0.25, 0.3) is 0 Å². The number of hydrogen-bond donors (Lipinski definition) is 1. The first-order valence-corrected chi connectivity index (χ1v) is 10.4. The Morgan fingerprint density at radius 2 is 1.85 bits per heavy atom. The van der Waals surface area contributed by atoms with Gasteiger partial charge in [-0.15, -0.1) is 0 Å². The Labute approximate surface area is 160 Å². The predicted molar refractivity (Wildman–Crippen MR) is 106 cm³/mol. The zero-order valence-corrected chi connectivity index (χ0v) is 16.9. The third-order valence-electron chi connectivity index (χ3n) is 4.10. The van der Waals surface area contributed by atoms with Crippen molar-refractivity contribution in [3.05, 3.63) is 64.2 Å². The first kappa shape index (κ1) is 20.3. The zero-order valence-electron chi connectivity index (χ0n) is 15.3. The number of hydrogen-bond acceptors (Lipinski definition) is 3. The zero-order chi connectivity index (χ0) is 19.5. The highest BCUT2D eigenvalue weighted by Gasteiger charge is 2.30. The van der Waals surface area contributed by atoms with E-state index in [2.05, 4.69) is 5.32 Å². The Hall–Kier alpha value is -2.05. The fraction of sp³-hybridized carbons (Fsp3) is 0.316. The fourth-order valence-corrected chi connectivity index (χ4v) is 4.14. The highest BCUT2D eigenvalue weighted by atomic mass is 35.5. The van der Waals surface area contributed by atoms with Crippen LogP contribution in [0.4, 0.5) is 5.69 Å². The number of aryl methyl sites for hydroxylation is 2. The Bertz CT molecular complexity index is 913. The molecule has 140 valence electrons. The lowest BCUT2D eigenvalue weighted by Crippen LogP contribution is -2.48. The Morgan fingerprint density at radius 3 is 2.46 bits per heavy atom. The standard InChI is InChI=1S/C19H23ClN2O3S/c1-13-9-10-14(2)18(11-13)22(26(4,24)25)15(3)19(23)21-12-16-7-5-6-8-17(16)20/h5-11,15H,12H2,1-4H3,(H,21,23)/t15-/m1/s1. The molecule has 5 nitrogen and oxygen atoms in total. The molecular weight excluding hydrogens is 372 g/mol. The summed E-state index contributed by atoms with van der Waals surface area (Å²) in [5.41, 5.74) is 2.98. The van der Waals surface area contributed by atoms with Crippen LogP contribution in [0.3, 0.4) is 0 Å². The van der Waals surface area contributed by atoms with Gasteiger partial charge in [0.1, 0.15) is 6.04 Å². The summed E-state index contributed by atoms with van der Waals surface area (Å²) in [4.78, 5) is 12.6. The van der Waals surface area contributed by atoms with Gasteiger partial charge in [-0.2, -0.15) is 0 Å². The number of sulfonamides is 1. The molecule has 2 aromatic carbocycles. The van der Waals surface area contributed by atoms with Gasteiger partial charge in [0.25, 0.3) is 0 Å². The van der Waals surface area contributed by atoms with Crippen LogP contribution in [0.15, 0.2) is 42.5 Å². The molecule has 0 saturated heterocycles. The number of carbonyl (C=O) groups is 1. The summed E-state index contributed by atoms with van der Waals surface area (Å²) in [5, 5.41) is 3.32. The van der Waals surface area contributed by atoms with Crippen LogP contribution < -0.4 is 9.62 Å². The average molecular weight is 395 g/mol. The Morgan fingerprint density at radius 1 is 1.19 bits per heavy atom. The quantitative estimate of drug-likeness (QED) is 0.816. The van der Waals surface area contributed by atoms with Crippen LogP contribution in [0.2, 0.25) is 5.02 Å². The van der Waals surface area contributed by atoms with Crippen LogP contribution in [0.5, 0.6) is 0 Å². The molecule has 0 bridgehead atoms. The molecule has 0 spiro atoms. The monoisotopic (exact) mass is 394 g/mol. The molecule has 0 aromatic heterocycles. The molecule has 2 rings (SSSR count). The van der Waals surface area contributed by atoms with Gasteiger partial charge < -0.3 is 5.32 Å². The van der Waals surface area contributed by atoms with Crippen molar-refractivity contribution in [2.75, 3.05) is 10.6 Å². The van der Waals surface area contributed by atoms with Crippen LogP contribution >= 0.6 is 11.6 Å². The van der Waals surface area contributed by atoms with E-state index >= 15 is 0 Å². The smallest absolute Gasteiger partial charge is 0.243 e. The van der Waals surface area contributed by atoms with Gasteiger partial charge >= 0.3 is 0 Å². The molecule has 0 aliphatic heterocycles. The summed E-state index contributed by atoms with van der Waals surface area (Å²) in [5.74, 6) is -0.392. The normalized spacial score (nSPS) is 12.5. The van der Waals surface area contributed by atoms with Crippen LogP contribution in [0.1, 0.15) is 23.6 Å². The number of halogens is 1. The fourth-order valence-electron chi connectivity index (χ4n) is 2.71. The lowest BCUT2D eigenvalue weighted by molar-refractivity contribution is -0.122. The number of nitrogens with one attached hydrogen (secondary N) is 1. The minimum atomic E-state index is -3.65. The highest BCUT2D eigenvalue weighted by molar-refractivity contribution is 7.92. The number of amides is 1. The maximum absolute atomic E-state index is 12.6. The average Bonchev–Trinajstić information content (AvgIpc) is 2.56. The van der Waals surface area contributed by atoms with E-state index in [4.69, 9.17) is 11.6 Å². The van der Waals surface area contributed by atoms with Crippen LogP contribution in [-0.4, -0.2) is 26.6 Å². The van der Waals surface area contributed by atoms with Crippen LogP contribution in [-0.2, 0) is 21.4 Å². The molecule has 26 heavy (non-hydrogen) atoms. The minimum Gasteiger partial charge on any atom is -0.350 e. The Kier molecular flexibility index (Phi) is 6.31. The summed E-state index contributed by atoms with van der Waals surface area (Å²) in [6.07, 6.45) is 1.10. The summed E-state index contributed by atoms with van der Waals surface area (Å²) >= 11 is 6.10. The molecule has 0 unspecified atom stereocenters. The Balaban J connectivity index is 2.27. The summed E-state index contributed by atoms with van der Waals surface area (Å²) < 4.78 is 26.0. The molecule has 2 aromatic rings. The van der Waals surface area contributed by atoms with Crippen molar-refractivity contribution in [1.29, 1.82) is 0 Å². The number of rotatable bonds is 6. The second-order valence-electron chi connectivity index (χ2n) is 6.33. The van der Waals surface area contributed by atoms with Crippen molar-refractivity contribution in [2.45, 2.75) is 33.4 Å². The van der Waals surface area contributed by atoms with E-state index in [9.17, 15) is 13.2 Å². The first-order chi connectivity index (χ1) is 12.1. The molecule has 0 radical (unpaired) electrons. The second kappa shape index (κ2) is 8.10. The number of carbonyl (C=O) groups excluding carboxylic acids is 1. The van der Waals surface area contributed by atoms with E-state index in [0.717, 1.165) is 27.3 Å². The molecule has 0 saturated carbocycles. The van der Waals surface area contributed by atoms with E-state index in [-0.39, 0.29) is 6.54 Å². The lowest BCUT2D eigenvalue weighted by atomic mass is 10.1. The van der Waals surface area contributed by atoms with Gasteiger partial charge in [0, 0.05) is 11.6 Å². The lowest BCUT2D eigenvalue weighted by Gasteiger charge is -2.29. The van der Waals surface area contributed by atoms with Crippen molar-refractivity contribution >= 4 is 33.2 Å². The van der Waals surface area contributed by atoms with E-state index < -0.39 is 22.0 Å². The molecule has 1 N–H and O–H groups in total. The summed E-state index contributed by atoms with van der Waals surface area (Å²) in [6.45, 7) is 5.50. The van der Waals surface area contributed by atoms with Crippen molar-refractivity contribution in [3.63, 3.8) is 0 Å². The maximum atomic E-state index is 12.6. The molecule has 7 heteroatoms. The van der Waals surface area contributed by atoms with Gasteiger partial charge in [-0.1, -0.05) is 41.9 Å². The molecule has 1 amide bonds. The van der Waals surface area contributed by atoms with Gasteiger partial charge in [0.05, 0.1) is 11.9 Å². The van der Waals surface area contributed by atoms with Gasteiger partial charge in [0.15, 0.2) is 0 Å². The topological polar surface area (TPSA) is 66.5 Å². The predicted octanol–water partition coefficient (Wildman–Crippen LogP) is 3.43. The first-order valence-electron chi connectivity index (χ1n) is 8.19. The maximum Gasteiger partial charge on any atom is 0.243 e. The molecular formula is C19H23ClN2O3S. The summed E-state index contributed by atoms with van der Waals surface area (Å²) in [6, 6.07) is 11.8.